The molecule has 9 heteroatoms. The van der Waals surface area contributed by atoms with E-state index in [4.69, 9.17) is 0 Å². The zero-order valence-electron chi connectivity index (χ0n) is 16.7. The van der Waals surface area contributed by atoms with E-state index in [-0.39, 0.29) is 17.9 Å². The monoisotopic (exact) mass is 412 g/mol. The van der Waals surface area contributed by atoms with Gasteiger partial charge in [0.05, 0.1) is 16.3 Å². The number of aliphatic hydroxyl groups is 1. The highest BCUT2D eigenvalue weighted by Gasteiger charge is 2.33. The molecule has 1 aliphatic rings. The van der Waals surface area contributed by atoms with Crippen LogP contribution in [0.4, 0.5) is 0 Å². The van der Waals surface area contributed by atoms with E-state index < -0.39 is 5.60 Å². The van der Waals surface area contributed by atoms with Crippen LogP contribution in [-0.2, 0) is 5.60 Å². The quantitative estimate of drug-likeness (QED) is 0.708. The minimum absolute atomic E-state index is 0.0469. The van der Waals surface area contributed by atoms with Gasteiger partial charge >= 0.3 is 0 Å². The molecule has 8 nitrogen and oxygen atoms in total. The SMILES string of the molecule is C[C@@H]1CC[C@@H](c2nc(C(C)(C)O)cs2)CN1C(=O)c1ccccc1-n1ncnn1. The van der Waals surface area contributed by atoms with Gasteiger partial charge in [0.1, 0.15) is 11.3 Å². The molecule has 1 N–H and O–H groups in total. The van der Waals surface area contributed by atoms with Crippen LogP contribution < -0.4 is 0 Å². The van der Waals surface area contributed by atoms with Gasteiger partial charge in [0.25, 0.3) is 5.91 Å². The number of benzene rings is 1. The smallest absolute Gasteiger partial charge is 0.256 e. The van der Waals surface area contributed by atoms with Crippen LogP contribution in [-0.4, -0.2) is 53.7 Å². The number of amides is 1. The van der Waals surface area contributed by atoms with E-state index in [1.165, 1.54) is 11.1 Å². The van der Waals surface area contributed by atoms with Gasteiger partial charge in [-0.1, -0.05) is 12.1 Å². The van der Waals surface area contributed by atoms with Crippen molar-refractivity contribution in [3.63, 3.8) is 0 Å². The lowest BCUT2D eigenvalue weighted by Crippen LogP contribution is -2.45. The second-order valence-electron chi connectivity index (χ2n) is 7.95. The van der Waals surface area contributed by atoms with Crippen LogP contribution in [0.2, 0.25) is 0 Å². The van der Waals surface area contributed by atoms with Gasteiger partial charge < -0.3 is 10.0 Å². The Balaban J connectivity index is 1.60. The van der Waals surface area contributed by atoms with E-state index in [1.54, 1.807) is 31.3 Å². The Labute approximate surface area is 173 Å². The zero-order valence-corrected chi connectivity index (χ0v) is 17.5. The summed E-state index contributed by atoms with van der Waals surface area (Å²) in [6, 6.07) is 7.44. The number of tetrazole rings is 1. The Morgan fingerprint density at radius 2 is 2.07 bits per heavy atom. The third kappa shape index (κ3) is 3.92. The van der Waals surface area contributed by atoms with Gasteiger partial charge in [-0.25, -0.2) is 4.98 Å². The third-order valence-electron chi connectivity index (χ3n) is 5.34. The number of hydrogen-bond donors (Lipinski definition) is 1. The lowest BCUT2D eigenvalue weighted by atomic mass is 9.93. The molecule has 1 saturated heterocycles. The maximum Gasteiger partial charge on any atom is 0.256 e. The molecule has 2 aromatic heterocycles. The van der Waals surface area contributed by atoms with Crippen LogP contribution in [0.3, 0.4) is 0 Å². The molecule has 29 heavy (non-hydrogen) atoms. The van der Waals surface area contributed by atoms with E-state index in [0.717, 1.165) is 17.8 Å². The van der Waals surface area contributed by atoms with E-state index in [1.807, 2.05) is 28.5 Å². The van der Waals surface area contributed by atoms with Crippen LogP contribution in [0, 0.1) is 0 Å². The van der Waals surface area contributed by atoms with Crippen LogP contribution >= 0.6 is 11.3 Å². The van der Waals surface area contributed by atoms with Crippen molar-refractivity contribution in [1.29, 1.82) is 0 Å². The molecule has 0 spiro atoms. The Bertz CT molecular complexity index is 995. The van der Waals surface area contributed by atoms with Gasteiger partial charge in [0, 0.05) is 23.9 Å². The molecule has 0 bridgehead atoms. The summed E-state index contributed by atoms with van der Waals surface area (Å²) in [7, 11) is 0. The second-order valence-corrected chi connectivity index (χ2v) is 8.84. The first-order chi connectivity index (χ1) is 13.8. The van der Waals surface area contributed by atoms with Crippen molar-refractivity contribution in [3.05, 3.63) is 52.2 Å². The maximum atomic E-state index is 13.4. The highest BCUT2D eigenvalue weighted by molar-refractivity contribution is 7.09. The first kappa shape index (κ1) is 19.7. The molecular formula is C20H24N6O2S. The van der Waals surface area contributed by atoms with Gasteiger partial charge in [-0.2, -0.15) is 0 Å². The highest BCUT2D eigenvalue weighted by atomic mass is 32.1. The fourth-order valence-electron chi connectivity index (χ4n) is 3.61. The van der Waals surface area contributed by atoms with E-state index >= 15 is 0 Å². The predicted molar refractivity (Wildman–Crippen MR) is 109 cm³/mol. The number of nitrogens with zero attached hydrogens (tertiary/aromatic N) is 6. The van der Waals surface area contributed by atoms with Crippen LogP contribution in [0.5, 0.6) is 0 Å². The van der Waals surface area contributed by atoms with Crippen LogP contribution in [0.25, 0.3) is 5.69 Å². The van der Waals surface area contributed by atoms with Gasteiger partial charge in [-0.3, -0.25) is 4.79 Å². The number of carbonyl (C=O) groups is 1. The van der Waals surface area contributed by atoms with Crippen molar-refractivity contribution in [2.24, 2.45) is 0 Å². The Hall–Kier alpha value is -2.65. The Kier molecular flexibility index (Phi) is 5.18. The predicted octanol–water partition coefficient (Wildman–Crippen LogP) is 2.75. The molecule has 1 amide bonds. The molecule has 3 heterocycles. The molecule has 152 valence electrons. The lowest BCUT2D eigenvalue weighted by Gasteiger charge is -2.37. The van der Waals surface area contributed by atoms with E-state index in [0.29, 0.717) is 23.5 Å². The van der Waals surface area contributed by atoms with E-state index in [2.05, 4.69) is 27.3 Å². The summed E-state index contributed by atoms with van der Waals surface area (Å²) in [6.07, 6.45) is 3.22. The molecule has 0 aliphatic carbocycles. The van der Waals surface area contributed by atoms with Gasteiger partial charge in [0.2, 0.25) is 0 Å². The molecule has 1 fully saturated rings. The summed E-state index contributed by atoms with van der Waals surface area (Å²) in [5.74, 6) is 0.113. The van der Waals surface area contributed by atoms with Gasteiger partial charge in [-0.05, 0) is 51.0 Å². The first-order valence-electron chi connectivity index (χ1n) is 9.66. The third-order valence-corrected chi connectivity index (χ3v) is 6.35. The minimum Gasteiger partial charge on any atom is -0.384 e. The molecule has 0 unspecified atom stereocenters. The summed E-state index contributed by atoms with van der Waals surface area (Å²) in [6.45, 7) is 6.14. The Morgan fingerprint density at radius 3 is 2.76 bits per heavy atom. The minimum atomic E-state index is -0.962. The summed E-state index contributed by atoms with van der Waals surface area (Å²) in [5.41, 5.74) is 0.879. The maximum absolute atomic E-state index is 13.4. The van der Waals surface area contributed by atoms with Gasteiger partial charge in [0.15, 0.2) is 6.33 Å². The van der Waals surface area contributed by atoms with Crippen LogP contribution in [0.1, 0.15) is 60.6 Å². The molecule has 2 atom stereocenters. The van der Waals surface area contributed by atoms with Crippen molar-refractivity contribution < 1.29 is 9.90 Å². The number of piperidine rings is 1. The highest BCUT2D eigenvalue weighted by Crippen LogP contribution is 2.34. The fourth-order valence-corrected chi connectivity index (χ4v) is 4.72. The average molecular weight is 413 g/mol. The summed E-state index contributed by atoms with van der Waals surface area (Å²) >= 11 is 1.55. The summed E-state index contributed by atoms with van der Waals surface area (Å²) in [5, 5.41) is 24.8. The van der Waals surface area contributed by atoms with Crippen molar-refractivity contribution in [3.8, 4) is 5.69 Å². The zero-order chi connectivity index (χ0) is 20.6. The van der Waals surface area contributed by atoms with Gasteiger partial charge in [-0.15, -0.1) is 26.3 Å². The summed E-state index contributed by atoms with van der Waals surface area (Å²) in [4.78, 5) is 21.4. The topological polar surface area (TPSA) is 97.0 Å². The number of likely N-dealkylation sites (tertiary alicyclic amines) is 1. The number of rotatable bonds is 4. The standard InChI is InChI=1S/C20H24N6O2S/c1-13-8-9-14(18-23-17(11-29-18)20(2,3)28)10-25(13)19(27)15-6-4-5-7-16(15)26-22-12-21-24-26/h4-7,11-14,28H,8-10H2,1-3H3/t13-,14-/m1/s1. The number of hydrogen-bond acceptors (Lipinski definition) is 7. The number of carbonyl (C=O) groups excluding carboxylic acids is 1. The van der Waals surface area contributed by atoms with Crippen LogP contribution in [0.15, 0.2) is 36.0 Å². The van der Waals surface area contributed by atoms with Crippen molar-refractivity contribution in [2.75, 3.05) is 6.54 Å². The van der Waals surface area contributed by atoms with Crippen molar-refractivity contribution in [1.82, 2.24) is 30.1 Å². The normalized spacial score (nSPS) is 20.1. The number of thiazole rings is 1. The fraction of sp³-hybridized carbons (Fsp3) is 0.450. The molecule has 3 aromatic rings. The van der Waals surface area contributed by atoms with Crippen molar-refractivity contribution >= 4 is 17.2 Å². The average Bonchev–Trinajstić information content (AvgIpc) is 3.40. The molecule has 0 saturated carbocycles. The largest absolute Gasteiger partial charge is 0.384 e. The van der Waals surface area contributed by atoms with E-state index in [9.17, 15) is 9.90 Å². The van der Waals surface area contributed by atoms with Crippen molar-refractivity contribution in [2.45, 2.75) is 51.2 Å². The molecule has 4 rings (SSSR count). The summed E-state index contributed by atoms with van der Waals surface area (Å²) < 4.78 is 0. The molecule has 0 radical (unpaired) electrons. The first-order valence-corrected chi connectivity index (χ1v) is 10.5. The molecular weight excluding hydrogens is 388 g/mol. The second kappa shape index (κ2) is 7.64. The number of aromatic nitrogens is 5. The molecule has 1 aromatic carbocycles. The lowest BCUT2D eigenvalue weighted by molar-refractivity contribution is 0.0604. The Morgan fingerprint density at radius 1 is 1.28 bits per heavy atom. The molecule has 1 aliphatic heterocycles. The number of para-hydroxylation sites is 1.